The van der Waals surface area contributed by atoms with Crippen molar-refractivity contribution < 1.29 is 13.5 Å². The number of nitrogens with zero attached hydrogens (tertiary/aromatic N) is 4. The zero-order valence-corrected chi connectivity index (χ0v) is 15.4. The number of hydrogen-bond donors (Lipinski definition) is 0. The molecule has 5 rings (SSSR count). The lowest BCUT2D eigenvalue weighted by atomic mass is 10.1. The number of aromatic nitrogens is 4. The first-order chi connectivity index (χ1) is 14.2. The molecule has 5 aromatic rings. The van der Waals surface area contributed by atoms with Gasteiger partial charge in [-0.25, -0.2) is 9.37 Å². The fraction of sp³-hybridized carbons (Fsp3) is 0.0455. The zero-order chi connectivity index (χ0) is 19.8. The molecule has 2 aromatic carbocycles. The standard InChI is InChI=1S/C22H15FN4O2/c1-28-18-5-3-2-4-17(18)22-26-25-19-11-8-15(12-27(19)22)21-20(24-13-29-21)14-6-9-16(23)10-7-14/h2-13H,1H3. The van der Waals surface area contributed by atoms with Crippen LogP contribution in [0.15, 0.2) is 77.7 Å². The summed E-state index contributed by atoms with van der Waals surface area (Å²) >= 11 is 0. The second-order valence-electron chi connectivity index (χ2n) is 6.41. The first-order valence-electron chi connectivity index (χ1n) is 8.92. The Morgan fingerprint density at radius 3 is 2.55 bits per heavy atom. The molecule has 29 heavy (non-hydrogen) atoms. The SMILES string of the molecule is COc1ccccc1-c1nnc2ccc(-c3ocnc3-c3ccc(F)cc3)cn12. The van der Waals surface area contributed by atoms with E-state index in [-0.39, 0.29) is 5.82 Å². The van der Waals surface area contributed by atoms with Crippen LogP contribution in [0.3, 0.4) is 0 Å². The van der Waals surface area contributed by atoms with Gasteiger partial charge in [-0.05, 0) is 48.5 Å². The largest absolute Gasteiger partial charge is 0.496 e. The molecule has 3 aromatic heterocycles. The molecule has 0 saturated heterocycles. The smallest absolute Gasteiger partial charge is 0.182 e. The van der Waals surface area contributed by atoms with Crippen LogP contribution in [0, 0.1) is 5.82 Å². The third kappa shape index (κ3) is 2.93. The number of pyridine rings is 1. The molecule has 0 fully saturated rings. The lowest BCUT2D eigenvalue weighted by Crippen LogP contribution is -1.94. The average molecular weight is 386 g/mol. The molecular weight excluding hydrogens is 371 g/mol. The van der Waals surface area contributed by atoms with Gasteiger partial charge in [-0.3, -0.25) is 4.40 Å². The quantitative estimate of drug-likeness (QED) is 0.441. The van der Waals surface area contributed by atoms with E-state index >= 15 is 0 Å². The van der Waals surface area contributed by atoms with Crippen molar-refractivity contribution in [3.63, 3.8) is 0 Å². The predicted molar refractivity (Wildman–Crippen MR) is 106 cm³/mol. The van der Waals surface area contributed by atoms with Gasteiger partial charge in [-0.2, -0.15) is 0 Å². The van der Waals surface area contributed by atoms with Crippen molar-refractivity contribution in [2.24, 2.45) is 0 Å². The van der Waals surface area contributed by atoms with Crippen LogP contribution < -0.4 is 4.74 Å². The fourth-order valence-corrected chi connectivity index (χ4v) is 3.30. The summed E-state index contributed by atoms with van der Waals surface area (Å²) in [6, 6.07) is 17.5. The monoisotopic (exact) mass is 386 g/mol. The minimum Gasteiger partial charge on any atom is -0.496 e. The number of oxazole rings is 1. The highest BCUT2D eigenvalue weighted by Gasteiger charge is 2.17. The number of rotatable bonds is 4. The third-order valence-corrected chi connectivity index (χ3v) is 4.70. The van der Waals surface area contributed by atoms with Crippen LogP contribution >= 0.6 is 0 Å². The first kappa shape index (κ1) is 17.1. The highest BCUT2D eigenvalue weighted by atomic mass is 19.1. The normalized spacial score (nSPS) is 11.1. The Hall–Kier alpha value is -4.00. The van der Waals surface area contributed by atoms with Crippen LogP contribution in [-0.4, -0.2) is 26.7 Å². The van der Waals surface area contributed by atoms with Crippen molar-refractivity contribution in [3.8, 4) is 39.7 Å². The summed E-state index contributed by atoms with van der Waals surface area (Å²) in [7, 11) is 1.62. The second kappa shape index (κ2) is 6.87. The number of benzene rings is 2. The average Bonchev–Trinajstić information content (AvgIpc) is 3.41. The summed E-state index contributed by atoms with van der Waals surface area (Å²) in [6.45, 7) is 0. The van der Waals surface area contributed by atoms with Gasteiger partial charge in [-0.1, -0.05) is 12.1 Å². The summed E-state index contributed by atoms with van der Waals surface area (Å²) < 4.78 is 26.3. The molecule has 0 N–H and O–H groups in total. The molecule has 0 bridgehead atoms. The fourth-order valence-electron chi connectivity index (χ4n) is 3.30. The molecule has 0 aliphatic heterocycles. The van der Waals surface area contributed by atoms with Crippen molar-refractivity contribution in [1.82, 2.24) is 19.6 Å². The Morgan fingerprint density at radius 2 is 1.72 bits per heavy atom. The highest BCUT2D eigenvalue weighted by Crippen LogP contribution is 2.33. The minimum atomic E-state index is -0.300. The van der Waals surface area contributed by atoms with Crippen molar-refractivity contribution in [1.29, 1.82) is 0 Å². The highest BCUT2D eigenvalue weighted by molar-refractivity contribution is 5.77. The van der Waals surface area contributed by atoms with Crippen molar-refractivity contribution in [2.75, 3.05) is 7.11 Å². The van der Waals surface area contributed by atoms with E-state index in [1.807, 2.05) is 47.0 Å². The Labute approximate surface area is 165 Å². The van der Waals surface area contributed by atoms with E-state index in [9.17, 15) is 4.39 Å². The van der Waals surface area contributed by atoms with Crippen LogP contribution in [0.1, 0.15) is 0 Å². The third-order valence-electron chi connectivity index (χ3n) is 4.70. The molecule has 142 valence electrons. The van der Waals surface area contributed by atoms with Crippen molar-refractivity contribution >= 4 is 5.65 Å². The summed E-state index contributed by atoms with van der Waals surface area (Å²) in [5.41, 5.74) is 3.72. The molecule has 0 aliphatic rings. The lowest BCUT2D eigenvalue weighted by Gasteiger charge is -2.07. The van der Waals surface area contributed by atoms with E-state index in [2.05, 4.69) is 15.2 Å². The first-order valence-corrected chi connectivity index (χ1v) is 8.92. The van der Waals surface area contributed by atoms with Crippen LogP contribution in [-0.2, 0) is 0 Å². The maximum atomic E-state index is 13.3. The van der Waals surface area contributed by atoms with Gasteiger partial charge >= 0.3 is 0 Å². The molecule has 0 radical (unpaired) electrons. The van der Waals surface area contributed by atoms with E-state index < -0.39 is 0 Å². The molecule has 0 unspecified atom stereocenters. The number of ether oxygens (including phenoxy) is 1. The van der Waals surface area contributed by atoms with Crippen molar-refractivity contribution in [2.45, 2.75) is 0 Å². The van der Waals surface area contributed by atoms with E-state index in [1.54, 1.807) is 19.2 Å². The summed E-state index contributed by atoms with van der Waals surface area (Å²) in [6.07, 6.45) is 3.27. The van der Waals surface area contributed by atoms with Crippen LogP contribution in [0.5, 0.6) is 5.75 Å². The topological polar surface area (TPSA) is 65.5 Å². The van der Waals surface area contributed by atoms with Crippen LogP contribution in [0.4, 0.5) is 4.39 Å². The number of methoxy groups -OCH3 is 1. The molecule has 0 aliphatic carbocycles. The minimum absolute atomic E-state index is 0.300. The molecule has 0 spiro atoms. The zero-order valence-electron chi connectivity index (χ0n) is 15.4. The van der Waals surface area contributed by atoms with Gasteiger partial charge in [0.05, 0.1) is 12.7 Å². The lowest BCUT2D eigenvalue weighted by molar-refractivity contribution is 0.416. The van der Waals surface area contributed by atoms with Gasteiger partial charge in [0.1, 0.15) is 17.3 Å². The van der Waals surface area contributed by atoms with Gasteiger partial charge in [0.15, 0.2) is 23.6 Å². The second-order valence-corrected chi connectivity index (χ2v) is 6.41. The number of fused-ring (bicyclic) bond motifs is 1. The van der Waals surface area contributed by atoms with Gasteiger partial charge in [-0.15, -0.1) is 10.2 Å². The van der Waals surface area contributed by atoms with Gasteiger partial charge in [0.25, 0.3) is 0 Å². The summed E-state index contributed by atoms with van der Waals surface area (Å²) in [4.78, 5) is 4.32. The van der Waals surface area contributed by atoms with E-state index in [0.29, 0.717) is 28.7 Å². The van der Waals surface area contributed by atoms with E-state index in [1.165, 1.54) is 18.5 Å². The van der Waals surface area contributed by atoms with E-state index in [4.69, 9.17) is 9.15 Å². The molecule has 3 heterocycles. The Balaban J connectivity index is 1.65. The molecule has 6 nitrogen and oxygen atoms in total. The molecule has 0 saturated carbocycles. The number of hydrogen-bond acceptors (Lipinski definition) is 5. The Bertz CT molecular complexity index is 1310. The molecule has 0 atom stereocenters. The maximum Gasteiger partial charge on any atom is 0.182 e. The molecular formula is C22H15FN4O2. The van der Waals surface area contributed by atoms with Crippen molar-refractivity contribution in [3.05, 3.63) is 79.1 Å². The molecule has 7 heteroatoms. The van der Waals surface area contributed by atoms with E-state index in [0.717, 1.165) is 16.7 Å². The van der Waals surface area contributed by atoms with Gasteiger partial charge < -0.3 is 9.15 Å². The molecule has 0 amide bonds. The van der Waals surface area contributed by atoms with Gasteiger partial charge in [0, 0.05) is 17.3 Å². The van der Waals surface area contributed by atoms with Crippen LogP contribution in [0.25, 0.3) is 39.6 Å². The maximum absolute atomic E-state index is 13.3. The number of halogens is 1. The number of para-hydroxylation sites is 1. The Morgan fingerprint density at radius 1 is 0.931 bits per heavy atom. The predicted octanol–water partition coefficient (Wildman–Crippen LogP) is 4.87. The Kier molecular flexibility index (Phi) is 4.05. The summed E-state index contributed by atoms with van der Waals surface area (Å²) in [5, 5.41) is 8.58. The van der Waals surface area contributed by atoms with Gasteiger partial charge in [0.2, 0.25) is 0 Å². The summed E-state index contributed by atoms with van der Waals surface area (Å²) in [5.74, 6) is 1.64. The van der Waals surface area contributed by atoms with Crippen LogP contribution in [0.2, 0.25) is 0 Å².